The van der Waals surface area contributed by atoms with Gasteiger partial charge in [0.2, 0.25) is 9.84 Å². The van der Waals surface area contributed by atoms with E-state index in [0.717, 1.165) is 24.4 Å². The van der Waals surface area contributed by atoms with Crippen molar-refractivity contribution in [1.82, 2.24) is 4.98 Å². The fourth-order valence-corrected chi connectivity index (χ4v) is 4.97. The SMILES string of the molecule is O=C(O)[C@@H]1CCN(c2cccc3cc(S(=O)(=O)c4cccc(C(F)(F)F)c4)cnc23)C1. The summed E-state index contributed by atoms with van der Waals surface area (Å²) in [5.41, 5.74) is 0.132. The molecule has 0 radical (unpaired) electrons. The van der Waals surface area contributed by atoms with Gasteiger partial charge in [-0.05, 0) is 36.8 Å². The summed E-state index contributed by atoms with van der Waals surface area (Å²) in [7, 11) is -4.22. The maximum absolute atomic E-state index is 13.0. The molecule has 1 aliphatic rings. The van der Waals surface area contributed by atoms with Crippen molar-refractivity contribution < 1.29 is 31.5 Å². The molecule has 1 aromatic heterocycles. The summed E-state index contributed by atoms with van der Waals surface area (Å²) < 4.78 is 64.8. The van der Waals surface area contributed by atoms with Crippen molar-refractivity contribution in [3.05, 3.63) is 60.3 Å². The van der Waals surface area contributed by atoms with Crippen molar-refractivity contribution in [2.75, 3.05) is 18.0 Å². The van der Waals surface area contributed by atoms with Gasteiger partial charge in [0, 0.05) is 24.7 Å². The number of alkyl halides is 3. The van der Waals surface area contributed by atoms with Crippen molar-refractivity contribution in [2.24, 2.45) is 5.92 Å². The zero-order valence-electron chi connectivity index (χ0n) is 16.0. The van der Waals surface area contributed by atoms with Crippen LogP contribution in [-0.2, 0) is 20.8 Å². The Bertz CT molecular complexity index is 1280. The normalized spacial score (nSPS) is 17.3. The van der Waals surface area contributed by atoms with Crippen LogP contribution in [0.2, 0.25) is 0 Å². The smallest absolute Gasteiger partial charge is 0.416 e. The molecule has 1 saturated heterocycles. The number of benzene rings is 2. The van der Waals surface area contributed by atoms with E-state index in [2.05, 4.69) is 4.98 Å². The molecule has 0 aliphatic carbocycles. The number of para-hydroxylation sites is 1. The average molecular weight is 450 g/mol. The first kappa shape index (κ1) is 21.1. The van der Waals surface area contributed by atoms with Crippen molar-refractivity contribution >= 4 is 32.4 Å². The van der Waals surface area contributed by atoms with Crippen molar-refractivity contribution in [1.29, 1.82) is 0 Å². The van der Waals surface area contributed by atoms with E-state index in [0.29, 0.717) is 42.2 Å². The maximum Gasteiger partial charge on any atom is 0.416 e. The molecule has 1 aliphatic heterocycles. The molecule has 0 bridgehead atoms. The summed E-state index contributed by atoms with van der Waals surface area (Å²) in [5, 5.41) is 9.71. The molecule has 3 aromatic rings. The molecule has 0 spiro atoms. The number of nitrogens with zero attached hydrogens (tertiary/aromatic N) is 2. The summed E-state index contributed by atoms with van der Waals surface area (Å²) in [5.74, 6) is -1.36. The van der Waals surface area contributed by atoms with Gasteiger partial charge in [0.25, 0.3) is 0 Å². The number of rotatable bonds is 4. The number of fused-ring (bicyclic) bond motifs is 1. The zero-order valence-corrected chi connectivity index (χ0v) is 16.8. The lowest BCUT2D eigenvalue weighted by molar-refractivity contribution is -0.141. The number of carbonyl (C=O) groups is 1. The van der Waals surface area contributed by atoms with E-state index in [9.17, 15) is 31.5 Å². The summed E-state index contributed by atoms with van der Waals surface area (Å²) in [4.78, 5) is 16.7. The van der Waals surface area contributed by atoms with E-state index in [4.69, 9.17) is 0 Å². The van der Waals surface area contributed by atoms with Crippen LogP contribution >= 0.6 is 0 Å². The van der Waals surface area contributed by atoms with E-state index in [1.165, 1.54) is 6.07 Å². The molecule has 2 heterocycles. The largest absolute Gasteiger partial charge is 0.481 e. The summed E-state index contributed by atoms with van der Waals surface area (Å²) in [6, 6.07) is 10.1. The quantitative estimate of drug-likeness (QED) is 0.647. The van der Waals surface area contributed by atoms with Gasteiger partial charge in [0.1, 0.15) is 0 Å². The third-order valence-electron chi connectivity index (χ3n) is 5.32. The first-order valence-corrected chi connectivity index (χ1v) is 10.8. The van der Waals surface area contributed by atoms with Crippen LogP contribution in [0.1, 0.15) is 12.0 Å². The Balaban J connectivity index is 1.73. The summed E-state index contributed by atoms with van der Waals surface area (Å²) in [6.45, 7) is 0.850. The summed E-state index contributed by atoms with van der Waals surface area (Å²) in [6.07, 6.45) is -3.05. The fourth-order valence-electron chi connectivity index (χ4n) is 3.68. The number of halogens is 3. The molecule has 162 valence electrons. The zero-order chi connectivity index (χ0) is 22.4. The molecule has 1 N–H and O–H groups in total. The van der Waals surface area contributed by atoms with Gasteiger partial charge in [-0.3, -0.25) is 9.78 Å². The molecule has 0 unspecified atom stereocenters. The second-order valence-electron chi connectivity index (χ2n) is 7.32. The lowest BCUT2D eigenvalue weighted by Gasteiger charge is -2.20. The minimum atomic E-state index is -4.66. The van der Waals surface area contributed by atoms with Crippen molar-refractivity contribution in [2.45, 2.75) is 22.4 Å². The minimum Gasteiger partial charge on any atom is -0.481 e. The summed E-state index contributed by atoms with van der Waals surface area (Å²) >= 11 is 0. The predicted molar refractivity (Wildman–Crippen MR) is 107 cm³/mol. The molecule has 1 fully saturated rings. The predicted octanol–water partition coefficient (Wildman–Crippen LogP) is 4.00. The van der Waals surface area contributed by atoms with Gasteiger partial charge >= 0.3 is 12.1 Å². The van der Waals surface area contributed by atoms with Crippen LogP contribution in [0.25, 0.3) is 10.9 Å². The topological polar surface area (TPSA) is 87.6 Å². The Kier molecular flexibility index (Phi) is 5.12. The second-order valence-corrected chi connectivity index (χ2v) is 9.27. The van der Waals surface area contributed by atoms with E-state index in [1.54, 1.807) is 18.2 Å². The number of hydrogen-bond acceptors (Lipinski definition) is 5. The highest BCUT2D eigenvalue weighted by atomic mass is 32.2. The molecule has 31 heavy (non-hydrogen) atoms. The van der Waals surface area contributed by atoms with Gasteiger partial charge in [-0.25, -0.2) is 8.42 Å². The van der Waals surface area contributed by atoms with Crippen molar-refractivity contribution in [3.63, 3.8) is 0 Å². The number of anilines is 1. The molecule has 1 atom stereocenters. The molecule has 4 rings (SSSR count). The van der Waals surface area contributed by atoms with Gasteiger partial charge in [-0.1, -0.05) is 18.2 Å². The van der Waals surface area contributed by atoms with Gasteiger partial charge in [-0.15, -0.1) is 0 Å². The van der Waals surface area contributed by atoms with Crippen LogP contribution in [0, 0.1) is 5.92 Å². The number of carboxylic acids is 1. The highest BCUT2D eigenvalue weighted by molar-refractivity contribution is 7.91. The second kappa shape index (κ2) is 7.52. The number of aromatic nitrogens is 1. The Morgan fingerprint density at radius 2 is 1.84 bits per heavy atom. The van der Waals surface area contributed by atoms with Gasteiger partial charge in [0.15, 0.2) is 0 Å². The van der Waals surface area contributed by atoms with E-state index < -0.39 is 38.4 Å². The number of hydrogen-bond donors (Lipinski definition) is 1. The van der Waals surface area contributed by atoms with Crippen LogP contribution in [-0.4, -0.2) is 37.6 Å². The lowest BCUT2D eigenvalue weighted by Crippen LogP contribution is -2.23. The Morgan fingerprint density at radius 3 is 2.52 bits per heavy atom. The molecule has 0 amide bonds. The molecule has 2 aromatic carbocycles. The van der Waals surface area contributed by atoms with Crippen LogP contribution in [0.5, 0.6) is 0 Å². The Morgan fingerprint density at radius 1 is 1.10 bits per heavy atom. The van der Waals surface area contributed by atoms with Gasteiger partial charge < -0.3 is 10.0 Å². The monoisotopic (exact) mass is 450 g/mol. The molecule has 10 heteroatoms. The number of sulfone groups is 1. The average Bonchev–Trinajstić information content (AvgIpc) is 3.23. The van der Waals surface area contributed by atoms with E-state index in [-0.39, 0.29) is 4.90 Å². The van der Waals surface area contributed by atoms with Crippen LogP contribution < -0.4 is 4.90 Å². The lowest BCUT2D eigenvalue weighted by atomic mass is 10.1. The minimum absolute atomic E-state index is 0.221. The number of pyridine rings is 1. The van der Waals surface area contributed by atoms with Gasteiger partial charge in [0.05, 0.1) is 32.5 Å². The first-order valence-electron chi connectivity index (χ1n) is 9.36. The Hall–Kier alpha value is -3.14. The van der Waals surface area contributed by atoms with Crippen LogP contribution in [0.4, 0.5) is 18.9 Å². The van der Waals surface area contributed by atoms with Crippen LogP contribution in [0.15, 0.2) is 64.5 Å². The van der Waals surface area contributed by atoms with E-state index >= 15 is 0 Å². The highest BCUT2D eigenvalue weighted by Crippen LogP contribution is 2.34. The molecule has 0 saturated carbocycles. The molecule has 6 nitrogen and oxygen atoms in total. The maximum atomic E-state index is 13.0. The number of carboxylic acid groups (broad SMARTS) is 1. The first-order chi connectivity index (χ1) is 14.6. The Labute approximate surface area is 175 Å². The third kappa shape index (κ3) is 3.95. The number of aliphatic carboxylic acids is 1. The van der Waals surface area contributed by atoms with Crippen molar-refractivity contribution in [3.8, 4) is 0 Å². The molecular formula is C21H17F3N2O4S. The standard InChI is InChI=1S/C21H17F3N2O4S/c22-21(23,24)15-4-2-5-16(10-15)31(29,30)17-9-13-3-1-6-18(19(13)25-11-17)26-8-7-14(12-26)20(27)28/h1-6,9-11,14H,7-8,12H2,(H,27,28)/t14-/m1/s1. The van der Waals surface area contributed by atoms with Crippen LogP contribution in [0.3, 0.4) is 0 Å². The van der Waals surface area contributed by atoms with Gasteiger partial charge in [-0.2, -0.15) is 13.2 Å². The molecular weight excluding hydrogens is 433 g/mol. The third-order valence-corrected chi connectivity index (χ3v) is 7.04. The van der Waals surface area contributed by atoms with E-state index in [1.807, 2.05) is 4.90 Å². The fraction of sp³-hybridized carbons (Fsp3) is 0.238. The highest BCUT2D eigenvalue weighted by Gasteiger charge is 2.32.